The van der Waals surface area contributed by atoms with Gasteiger partial charge in [0.25, 0.3) is 0 Å². The highest BCUT2D eigenvalue weighted by Gasteiger charge is 2.13. The van der Waals surface area contributed by atoms with Crippen molar-refractivity contribution in [2.75, 3.05) is 13.2 Å². The molecule has 0 bridgehead atoms. The summed E-state index contributed by atoms with van der Waals surface area (Å²) in [5.74, 6) is -0.152. The molecule has 0 unspecified atom stereocenters. The molecule has 0 N–H and O–H groups in total. The van der Waals surface area contributed by atoms with Crippen LogP contribution < -0.4 is 0 Å². The van der Waals surface area contributed by atoms with E-state index in [-0.39, 0.29) is 5.82 Å². The molecule has 1 aromatic rings. The zero-order chi connectivity index (χ0) is 13.2. The molecular weight excluding hydrogens is 247 g/mol. The van der Waals surface area contributed by atoms with Crippen molar-refractivity contribution in [2.45, 2.75) is 39.2 Å². The fraction of sp³-hybridized carbons (Fsp3) is 0.571. The molecule has 0 saturated carbocycles. The average molecular weight is 269 g/mol. The molecule has 1 rings (SSSR count). The summed E-state index contributed by atoms with van der Waals surface area (Å²) < 4.78 is 24.1. The SMILES string of the molecule is CCO[Si](CCCCc1cccc(F)c1)OCC. The van der Waals surface area contributed by atoms with Crippen molar-refractivity contribution in [3.05, 3.63) is 35.6 Å². The Balaban J connectivity index is 2.20. The highest BCUT2D eigenvalue weighted by molar-refractivity contribution is 6.44. The molecule has 0 saturated heterocycles. The van der Waals surface area contributed by atoms with Crippen molar-refractivity contribution in [3.8, 4) is 0 Å². The normalized spacial score (nSPS) is 11.1. The Morgan fingerprint density at radius 2 is 1.83 bits per heavy atom. The van der Waals surface area contributed by atoms with E-state index in [1.54, 1.807) is 12.1 Å². The maximum absolute atomic E-state index is 13.0. The van der Waals surface area contributed by atoms with Crippen LogP contribution in [0.5, 0.6) is 0 Å². The van der Waals surface area contributed by atoms with Crippen molar-refractivity contribution in [2.24, 2.45) is 0 Å². The molecular formula is C14H22FO2Si. The lowest BCUT2D eigenvalue weighted by Gasteiger charge is -2.12. The summed E-state index contributed by atoms with van der Waals surface area (Å²) in [5, 5.41) is 0. The molecule has 1 radical (unpaired) electrons. The third-order valence-corrected chi connectivity index (χ3v) is 4.58. The maximum atomic E-state index is 13.0. The van der Waals surface area contributed by atoms with Crippen molar-refractivity contribution in [1.29, 1.82) is 0 Å². The van der Waals surface area contributed by atoms with E-state index in [1.807, 2.05) is 19.9 Å². The minimum absolute atomic E-state index is 0.152. The monoisotopic (exact) mass is 269 g/mol. The molecule has 2 nitrogen and oxygen atoms in total. The lowest BCUT2D eigenvalue weighted by molar-refractivity contribution is 0.212. The molecule has 0 fully saturated rings. The molecule has 0 atom stereocenters. The van der Waals surface area contributed by atoms with Crippen LogP contribution in [0.4, 0.5) is 4.39 Å². The van der Waals surface area contributed by atoms with Crippen LogP contribution in [0.1, 0.15) is 32.3 Å². The summed E-state index contributed by atoms with van der Waals surface area (Å²) in [6.07, 6.45) is 3.05. The first-order chi connectivity index (χ1) is 8.76. The zero-order valence-electron chi connectivity index (χ0n) is 11.2. The fourth-order valence-electron chi connectivity index (χ4n) is 1.80. The van der Waals surface area contributed by atoms with Gasteiger partial charge < -0.3 is 8.85 Å². The summed E-state index contributed by atoms with van der Waals surface area (Å²) >= 11 is 0. The van der Waals surface area contributed by atoms with Gasteiger partial charge in [0.2, 0.25) is 0 Å². The highest BCUT2D eigenvalue weighted by atomic mass is 28.3. The number of hydrogen-bond acceptors (Lipinski definition) is 2. The summed E-state index contributed by atoms with van der Waals surface area (Å²) in [6.45, 7) is 5.43. The van der Waals surface area contributed by atoms with Gasteiger partial charge in [0.15, 0.2) is 0 Å². The number of aryl methyl sites for hydroxylation is 1. The number of unbranched alkanes of at least 4 members (excludes halogenated alkanes) is 1. The van der Waals surface area contributed by atoms with Gasteiger partial charge in [0.05, 0.1) is 0 Å². The number of hydrogen-bond donors (Lipinski definition) is 0. The summed E-state index contributed by atoms with van der Waals surface area (Å²) in [5.41, 5.74) is 1.07. The summed E-state index contributed by atoms with van der Waals surface area (Å²) in [7, 11) is -1.08. The lowest BCUT2D eigenvalue weighted by atomic mass is 10.1. The van der Waals surface area contributed by atoms with Crippen LogP contribution in [0.15, 0.2) is 24.3 Å². The predicted molar refractivity (Wildman–Crippen MR) is 73.2 cm³/mol. The maximum Gasteiger partial charge on any atom is 0.384 e. The Bertz CT molecular complexity index is 327. The van der Waals surface area contributed by atoms with Crippen LogP contribution in [-0.4, -0.2) is 22.5 Å². The van der Waals surface area contributed by atoms with Crippen LogP contribution in [0, 0.1) is 5.82 Å². The Hall–Kier alpha value is -0.713. The van der Waals surface area contributed by atoms with Crippen LogP contribution >= 0.6 is 0 Å². The van der Waals surface area contributed by atoms with Gasteiger partial charge >= 0.3 is 9.28 Å². The quantitative estimate of drug-likeness (QED) is 0.502. The summed E-state index contributed by atoms with van der Waals surface area (Å²) in [6, 6.07) is 7.83. The van der Waals surface area contributed by atoms with Crippen LogP contribution in [0.3, 0.4) is 0 Å². The van der Waals surface area contributed by atoms with Gasteiger partial charge in [0.1, 0.15) is 5.82 Å². The number of rotatable bonds is 9. The van der Waals surface area contributed by atoms with Gasteiger partial charge in [-0.15, -0.1) is 0 Å². The topological polar surface area (TPSA) is 18.5 Å². The van der Waals surface area contributed by atoms with Gasteiger partial charge in [-0.05, 0) is 50.4 Å². The molecule has 0 aliphatic heterocycles. The summed E-state index contributed by atoms with van der Waals surface area (Å²) in [4.78, 5) is 0. The molecule has 0 heterocycles. The van der Waals surface area contributed by atoms with E-state index in [1.165, 1.54) is 6.07 Å². The zero-order valence-corrected chi connectivity index (χ0v) is 12.2. The second-order valence-electron chi connectivity index (χ2n) is 4.08. The average Bonchev–Trinajstić information content (AvgIpc) is 2.35. The minimum Gasteiger partial charge on any atom is -0.394 e. The van der Waals surface area contributed by atoms with E-state index in [9.17, 15) is 4.39 Å². The predicted octanol–water partition coefficient (Wildman–Crippen LogP) is 3.71. The Morgan fingerprint density at radius 3 is 2.44 bits per heavy atom. The van der Waals surface area contributed by atoms with E-state index in [0.717, 1.165) is 44.1 Å². The molecule has 0 aliphatic carbocycles. The smallest absolute Gasteiger partial charge is 0.384 e. The number of halogens is 1. The number of benzene rings is 1. The van der Waals surface area contributed by atoms with Crippen LogP contribution in [0.25, 0.3) is 0 Å². The molecule has 4 heteroatoms. The first kappa shape index (κ1) is 15.3. The Morgan fingerprint density at radius 1 is 1.11 bits per heavy atom. The van der Waals surface area contributed by atoms with Gasteiger partial charge in [-0.25, -0.2) is 4.39 Å². The first-order valence-electron chi connectivity index (χ1n) is 6.62. The van der Waals surface area contributed by atoms with Crippen molar-refractivity contribution < 1.29 is 13.2 Å². The molecule has 0 amide bonds. The first-order valence-corrected chi connectivity index (χ1v) is 8.14. The molecule has 0 aliphatic rings. The van der Waals surface area contributed by atoms with E-state index < -0.39 is 9.28 Å². The van der Waals surface area contributed by atoms with Crippen molar-refractivity contribution in [1.82, 2.24) is 0 Å². The second kappa shape index (κ2) is 9.25. The Labute approximate surface area is 111 Å². The fourth-order valence-corrected chi connectivity index (χ4v) is 3.35. The van der Waals surface area contributed by atoms with E-state index in [4.69, 9.17) is 8.85 Å². The Kier molecular flexibility index (Phi) is 7.88. The van der Waals surface area contributed by atoms with Gasteiger partial charge in [-0.3, -0.25) is 0 Å². The molecule has 18 heavy (non-hydrogen) atoms. The minimum atomic E-state index is -1.08. The van der Waals surface area contributed by atoms with Crippen LogP contribution in [0.2, 0.25) is 6.04 Å². The van der Waals surface area contributed by atoms with E-state index in [0.29, 0.717) is 0 Å². The third-order valence-electron chi connectivity index (χ3n) is 2.60. The molecule has 101 valence electrons. The van der Waals surface area contributed by atoms with E-state index in [2.05, 4.69) is 0 Å². The van der Waals surface area contributed by atoms with Gasteiger partial charge in [-0.1, -0.05) is 18.6 Å². The van der Waals surface area contributed by atoms with Gasteiger partial charge in [-0.2, -0.15) is 0 Å². The van der Waals surface area contributed by atoms with Crippen molar-refractivity contribution >= 4 is 9.28 Å². The molecule has 0 spiro atoms. The third kappa shape index (κ3) is 6.28. The largest absolute Gasteiger partial charge is 0.394 e. The standard InChI is InChI=1S/C14H22FO2Si/c1-3-16-18(17-4-2)11-6-5-8-13-9-7-10-14(15)12-13/h7,9-10,12H,3-6,8,11H2,1-2H3. The lowest BCUT2D eigenvalue weighted by Crippen LogP contribution is -2.22. The van der Waals surface area contributed by atoms with Gasteiger partial charge in [0, 0.05) is 13.2 Å². The highest BCUT2D eigenvalue weighted by Crippen LogP contribution is 2.11. The molecule has 0 aromatic heterocycles. The van der Waals surface area contributed by atoms with Crippen molar-refractivity contribution in [3.63, 3.8) is 0 Å². The van der Waals surface area contributed by atoms with E-state index >= 15 is 0 Å². The van der Waals surface area contributed by atoms with Crippen LogP contribution in [-0.2, 0) is 15.3 Å². The second-order valence-corrected chi connectivity index (χ2v) is 5.90. The molecule has 1 aromatic carbocycles.